The minimum atomic E-state index is -3.79. The lowest BCUT2D eigenvalue weighted by Gasteiger charge is -2.14. The molecule has 0 heterocycles. The summed E-state index contributed by atoms with van der Waals surface area (Å²) in [4.78, 5) is 0.181. The first-order valence-electron chi connectivity index (χ1n) is 6.06. The molecule has 124 valence electrons. The number of hydrogen-bond donors (Lipinski definition) is 0. The number of rotatable bonds is 4. The van der Waals surface area contributed by atoms with E-state index in [1.54, 1.807) is 12.1 Å². The molecule has 9 heteroatoms. The topological polar surface area (TPSA) is 34.1 Å². The molecule has 2 nitrogen and oxygen atoms in total. The van der Waals surface area contributed by atoms with Crippen molar-refractivity contribution >= 4 is 123 Å². The number of hydrogen-bond acceptors (Lipinski definition) is 2. The molecule has 23 heavy (non-hydrogen) atoms. The van der Waals surface area contributed by atoms with Crippen molar-refractivity contribution in [3.63, 3.8) is 0 Å². The predicted octanol–water partition coefficient (Wildman–Crippen LogP) is 7.56. The molecule has 0 unspecified atom stereocenters. The number of benzene rings is 2. The zero-order valence-electron chi connectivity index (χ0n) is 11.1. The Morgan fingerprint density at radius 1 is 0.739 bits per heavy atom. The van der Waals surface area contributed by atoms with Crippen molar-refractivity contribution < 1.29 is 8.42 Å². The maximum absolute atomic E-state index is 13.0. The highest BCUT2D eigenvalue weighted by molar-refractivity contribution is 14.2. The van der Waals surface area contributed by atoms with Gasteiger partial charge < -0.3 is 0 Å². The highest BCUT2D eigenvalue weighted by atomic mass is 127. The van der Waals surface area contributed by atoms with Crippen LogP contribution in [0.2, 0.25) is 10.0 Å². The predicted molar refractivity (Wildman–Crippen MR) is 130 cm³/mol. The van der Waals surface area contributed by atoms with Gasteiger partial charge in [-0.05, 0) is 23.3 Å². The van der Waals surface area contributed by atoms with E-state index in [0.29, 0.717) is 0 Å². The van der Waals surface area contributed by atoms with E-state index in [-0.39, 0.29) is 23.7 Å². The molecule has 0 atom stereocenters. The lowest BCUT2D eigenvalue weighted by atomic mass is 10.2. The quantitative estimate of drug-likeness (QED) is 0.236. The molecule has 0 amide bonds. The first-order chi connectivity index (χ1) is 10.7. The Hall–Kier alpha value is 1.89. The summed E-state index contributed by atoms with van der Waals surface area (Å²) in [5, 5.41) is 0.506. The van der Waals surface area contributed by atoms with E-state index in [1.165, 1.54) is 12.1 Å². The van der Waals surface area contributed by atoms with E-state index in [2.05, 4.69) is 90.4 Å². The van der Waals surface area contributed by atoms with Gasteiger partial charge in [-0.15, -0.1) is 0 Å². The van der Waals surface area contributed by atoms with Crippen molar-refractivity contribution in [2.75, 3.05) is 0 Å². The normalized spacial score (nSPS) is 12.2. The Morgan fingerprint density at radius 3 is 1.39 bits per heavy atom. The van der Waals surface area contributed by atoms with E-state index in [4.69, 9.17) is 23.2 Å². The molecule has 2 rings (SSSR count). The van der Waals surface area contributed by atoms with Gasteiger partial charge in [0, 0.05) is 0 Å². The minimum Gasteiger partial charge on any atom is -0.218 e. The molecule has 0 aliphatic carbocycles. The summed E-state index contributed by atoms with van der Waals surface area (Å²) in [5.41, 5.74) is 1.56. The van der Waals surface area contributed by atoms with Crippen LogP contribution in [0, 0.1) is 0 Å². The van der Waals surface area contributed by atoms with E-state index in [1.807, 2.05) is 12.1 Å². The van der Waals surface area contributed by atoms with E-state index >= 15 is 0 Å². The van der Waals surface area contributed by atoms with Crippen LogP contribution in [0.5, 0.6) is 0 Å². The molecule has 0 fully saturated rings. The van der Waals surface area contributed by atoms with Crippen LogP contribution in [-0.2, 0) is 9.84 Å². The minimum absolute atomic E-state index is 0.0720. The van der Waals surface area contributed by atoms with Crippen molar-refractivity contribution in [3.05, 3.63) is 57.6 Å². The Morgan fingerprint density at radius 2 is 1.09 bits per heavy atom. The zero-order chi connectivity index (χ0) is 17.4. The molecule has 0 aromatic heterocycles. The van der Waals surface area contributed by atoms with Crippen LogP contribution in [0.4, 0.5) is 0 Å². The Bertz CT molecular complexity index is 775. The smallest absolute Gasteiger partial charge is 0.209 e. The molecular weight excluding hydrogens is 811 g/mol. The number of sulfone groups is 1. The Balaban J connectivity index is 2.70. The summed E-state index contributed by atoms with van der Waals surface area (Å²) < 4.78 is 26.2. The molecule has 0 saturated carbocycles. The third kappa shape index (κ3) is 4.60. The van der Waals surface area contributed by atoms with Crippen molar-refractivity contribution in [3.8, 4) is 0 Å². The van der Waals surface area contributed by atoms with Crippen LogP contribution in [0.1, 0.15) is 15.0 Å². The van der Waals surface area contributed by atoms with Gasteiger partial charge in [-0.1, -0.05) is 138 Å². The van der Waals surface area contributed by atoms with Gasteiger partial charge in [-0.25, -0.2) is 8.42 Å². The largest absolute Gasteiger partial charge is 0.218 e. The highest BCUT2D eigenvalue weighted by Gasteiger charge is 2.27. The molecular formula is C14H8Cl2I4O2S. The third-order valence-electron chi connectivity index (χ3n) is 3.04. The van der Waals surface area contributed by atoms with Crippen molar-refractivity contribution in [1.29, 1.82) is 0 Å². The van der Waals surface area contributed by atoms with Gasteiger partial charge in [0.1, 0.15) is 0 Å². The van der Waals surface area contributed by atoms with Gasteiger partial charge in [-0.3, -0.25) is 0 Å². The third-order valence-corrected chi connectivity index (χ3v) is 8.63. The first-order valence-corrected chi connectivity index (χ1v) is 13.3. The molecule has 0 aliphatic rings. The first kappa shape index (κ1) is 21.2. The SMILES string of the molecule is O=S(=O)(c1cccc(C(I)I)c1Cl)c1cccc(C(I)I)c1Cl. The van der Waals surface area contributed by atoms with E-state index in [9.17, 15) is 8.42 Å². The van der Waals surface area contributed by atoms with Crippen LogP contribution < -0.4 is 0 Å². The van der Waals surface area contributed by atoms with Gasteiger partial charge >= 0.3 is 0 Å². The van der Waals surface area contributed by atoms with Gasteiger partial charge in [0.25, 0.3) is 0 Å². The van der Waals surface area contributed by atoms with Gasteiger partial charge in [0.15, 0.2) is 0 Å². The lowest BCUT2D eigenvalue weighted by molar-refractivity contribution is 0.596. The van der Waals surface area contributed by atoms with Gasteiger partial charge in [-0.2, -0.15) is 0 Å². The summed E-state index contributed by atoms with van der Waals surface area (Å²) in [6.07, 6.45) is 0. The highest BCUT2D eigenvalue weighted by Crippen LogP contribution is 2.43. The van der Waals surface area contributed by atoms with Crippen LogP contribution in [0.25, 0.3) is 0 Å². The summed E-state index contributed by atoms with van der Waals surface area (Å²) in [6, 6.07) is 10.1. The summed E-state index contributed by atoms with van der Waals surface area (Å²) in [6.45, 7) is 0. The molecule has 0 aliphatic heterocycles. The lowest BCUT2D eigenvalue weighted by Crippen LogP contribution is -2.06. The monoisotopic (exact) mass is 818 g/mol. The van der Waals surface area contributed by atoms with Crippen LogP contribution in [-0.4, -0.2) is 8.42 Å². The maximum Gasteiger partial charge on any atom is 0.209 e. The van der Waals surface area contributed by atoms with Crippen LogP contribution in [0.3, 0.4) is 0 Å². The van der Waals surface area contributed by atoms with Crippen LogP contribution in [0.15, 0.2) is 46.2 Å². The van der Waals surface area contributed by atoms with Crippen LogP contribution >= 0.6 is 114 Å². The second-order valence-electron chi connectivity index (χ2n) is 4.42. The fraction of sp³-hybridized carbons (Fsp3) is 0.143. The Labute approximate surface area is 199 Å². The maximum atomic E-state index is 13.0. The molecule has 0 N–H and O–H groups in total. The number of halogens is 6. The van der Waals surface area contributed by atoms with Crippen molar-refractivity contribution in [2.24, 2.45) is 0 Å². The molecule has 2 aromatic rings. The van der Waals surface area contributed by atoms with Gasteiger partial charge in [0.05, 0.1) is 23.7 Å². The summed E-state index contributed by atoms with van der Waals surface area (Å²) >= 11 is 21.5. The molecule has 0 saturated heterocycles. The fourth-order valence-electron chi connectivity index (χ4n) is 1.93. The van der Waals surface area contributed by atoms with Gasteiger partial charge in [0.2, 0.25) is 9.84 Å². The second kappa shape index (κ2) is 8.72. The molecule has 0 bridgehead atoms. The number of alkyl halides is 4. The molecule has 2 aromatic carbocycles. The standard InChI is InChI=1S/C14H8Cl2I4O2S/c15-11-7(13(17)18)3-1-5-9(11)23(21,22)10-6-2-4-8(12(10)16)14(19)20/h1-6,13-14H. The van der Waals surface area contributed by atoms with Crippen molar-refractivity contribution in [2.45, 2.75) is 13.7 Å². The van der Waals surface area contributed by atoms with Crippen molar-refractivity contribution in [1.82, 2.24) is 0 Å². The van der Waals surface area contributed by atoms with E-state index in [0.717, 1.165) is 11.1 Å². The molecule has 0 radical (unpaired) electrons. The summed E-state index contributed by atoms with van der Waals surface area (Å²) in [5.74, 6) is 0. The zero-order valence-corrected chi connectivity index (χ0v) is 22.1. The average molecular weight is 819 g/mol. The average Bonchev–Trinajstić information content (AvgIpc) is 2.46. The molecule has 0 spiro atoms. The Kier molecular flexibility index (Phi) is 8.03. The van der Waals surface area contributed by atoms with E-state index < -0.39 is 9.84 Å². The fourth-order valence-corrected chi connectivity index (χ4v) is 7.28. The second-order valence-corrected chi connectivity index (χ2v) is 16.8. The summed E-state index contributed by atoms with van der Waals surface area (Å²) in [7, 11) is -3.79.